The average Bonchev–Trinajstić information content (AvgIpc) is 2.16. The number of halogens is 1. The molecule has 0 amide bonds. The molecule has 1 unspecified atom stereocenters. The molecule has 0 aliphatic rings. The summed E-state index contributed by atoms with van der Waals surface area (Å²) in [6.45, 7) is 11.3. The zero-order chi connectivity index (χ0) is 10.5. The van der Waals surface area contributed by atoms with E-state index in [1.54, 1.807) is 0 Å². The van der Waals surface area contributed by atoms with Crippen molar-refractivity contribution in [2.75, 3.05) is 20.1 Å². The van der Waals surface area contributed by atoms with Crippen LogP contribution >= 0.6 is 0 Å². The van der Waals surface area contributed by atoms with Crippen molar-refractivity contribution in [1.82, 2.24) is 0 Å². The molecule has 0 aliphatic heterocycles. The minimum absolute atomic E-state index is 0. The molecule has 0 N–H and O–H groups in total. The van der Waals surface area contributed by atoms with Gasteiger partial charge in [-0.25, -0.2) is 4.79 Å². The monoisotopic (exact) mass is 221 g/mol. The molecule has 0 spiro atoms. The van der Waals surface area contributed by atoms with E-state index in [9.17, 15) is 4.79 Å². The number of carbonyl (C=O) groups is 1. The number of nitrogens with zero attached hydrogens (tertiary/aromatic N) is 1. The average molecular weight is 222 g/mol. The summed E-state index contributed by atoms with van der Waals surface area (Å²) < 4.78 is 5.90. The van der Waals surface area contributed by atoms with Crippen molar-refractivity contribution in [1.29, 1.82) is 0 Å². The summed E-state index contributed by atoms with van der Waals surface area (Å²) in [5, 5.41) is 0. The second-order valence-corrected chi connectivity index (χ2v) is 3.35. The van der Waals surface area contributed by atoms with E-state index in [-0.39, 0.29) is 24.6 Å². The Balaban J connectivity index is 0. The van der Waals surface area contributed by atoms with Crippen molar-refractivity contribution in [2.24, 2.45) is 0 Å². The molecule has 0 aliphatic carbocycles. The molecule has 0 heterocycles. The summed E-state index contributed by atoms with van der Waals surface area (Å²) in [6, 6.07) is 0. The fourth-order valence-corrected chi connectivity index (χ4v) is 1.08. The first-order valence-electron chi connectivity index (χ1n) is 4.67. The minimum Gasteiger partial charge on any atom is -1.00 e. The fraction of sp³-hybridized carbons (Fsp3) is 0.700. The van der Waals surface area contributed by atoms with Crippen LogP contribution in [0.15, 0.2) is 12.7 Å². The van der Waals surface area contributed by atoms with Gasteiger partial charge in [-0.1, -0.05) is 6.58 Å². The number of carbonyl (C=O) groups excluding carboxylic acids is 1. The van der Waals surface area contributed by atoms with Gasteiger partial charge in [-0.15, -0.1) is 0 Å². The molecular formula is C10H20ClNO2. The standard InChI is InChI=1S/C10H20NO2.ClH/c1-6-10(12)13-9(4)11(5,7-2)8-3;/h6,9H,1,7-8H2,2-5H3;1H/q+1;/p-1. The largest absolute Gasteiger partial charge is 1.00 e. The summed E-state index contributed by atoms with van der Waals surface area (Å²) in [6.07, 6.45) is 1.09. The molecule has 4 heteroatoms. The SMILES string of the molecule is C=CC(=O)OC(C)[N+](C)(CC)CC.[Cl-]. The molecule has 0 bridgehead atoms. The summed E-state index contributed by atoms with van der Waals surface area (Å²) in [5.41, 5.74) is 0. The van der Waals surface area contributed by atoms with E-state index in [0.717, 1.165) is 17.6 Å². The smallest absolute Gasteiger partial charge is 0.334 e. The summed E-state index contributed by atoms with van der Waals surface area (Å²) in [5.74, 6) is -0.348. The van der Waals surface area contributed by atoms with E-state index >= 15 is 0 Å². The van der Waals surface area contributed by atoms with Crippen LogP contribution in [0.4, 0.5) is 0 Å². The van der Waals surface area contributed by atoms with Gasteiger partial charge in [0.05, 0.1) is 20.1 Å². The molecule has 0 rings (SSSR count). The first-order valence-corrected chi connectivity index (χ1v) is 4.67. The highest BCUT2D eigenvalue weighted by molar-refractivity contribution is 5.81. The Labute approximate surface area is 92.7 Å². The Morgan fingerprint density at radius 2 is 1.93 bits per heavy atom. The molecule has 3 nitrogen and oxygen atoms in total. The minimum atomic E-state index is -0.348. The third kappa shape index (κ3) is 4.11. The Bertz CT molecular complexity index is 191. The van der Waals surface area contributed by atoms with E-state index in [1.807, 2.05) is 6.92 Å². The Morgan fingerprint density at radius 3 is 2.21 bits per heavy atom. The van der Waals surface area contributed by atoms with Crippen molar-refractivity contribution in [2.45, 2.75) is 27.0 Å². The van der Waals surface area contributed by atoms with Crippen LogP contribution in [0.5, 0.6) is 0 Å². The Hall–Kier alpha value is -0.540. The van der Waals surface area contributed by atoms with Crippen LogP contribution in [0, 0.1) is 0 Å². The lowest BCUT2D eigenvalue weighted by Crippen LogP contribution is -3.00. The molecule has 0 aromatic rings. The third-order valence-electron chi connectivity index (χ3n) is 2.78. The topological polar surface area (TPSA) is 26.3 Å². The maximum absolute atomic E-state index is 11.0. The van der Waals surface area contributed by atoms with Gasteiger partial charge in [-0.2, -0.15) is 0 Å². The van der Waals surface area contributed by atoms with E-state index in [1.165, 1.54) is 6.08 Å². The molecule has 0 aromatic carbocycles. The Kier molecular flexibility index (Phi) is 7.78. The zero-order valence-corrected chi connectivity index (χ0v) is 10.2. The van der Waals surface area contributed by atoms with Crippen LogP contribution in [0.2, 0.25) is 0 Å². The first kappa shape index (κ1) is 15.9. The summed E-state index contributed by atoms with van der Waals surface area (Å²) >= 11 is 0. The van der Waals surface area contributed by atoms with Gasteiger partial charge in [-0.3, -0.25) is 4.48 Å². The maximum atomic E-state index is 11.0. The predicted molar refractivity (Wildman–Crippen MR) is 53.0 cm³/mol. The van der Waals surface area contributed by atoms with Gasteiger partial charge in [0.2, 0.25) is 6.23 Å². The lowest BCUT2D eigenvalue weighted by atomic mass is 10.3. The van der Waals surface area contributed by atoms with Crippen molar-refractivity contribution < 1.29 is 26.4 Å². The van der Waals surface area contributed by atoms with Crippen LogP contribution < -0.4 is 12.4 Å². The number of ether oxygens (including phenoxy) is 1. The van der Waals surface area contributed by atoms with Crippen LogP contribution in [0.25, 0.3) is 0 Å². The molecule has 0 radical (unpaired) electrons. The molecule has 0 aromatic heterocycles. The number of hydrogen-bond donors (Lipinski definition) is 0. The van der Waals surface area contributed by atoms with Crippen molar-refractivity contribution in [3.63, 3.8) is 0 Å². The lowest BCUT2D eigenvalue weighted by Gasteiger charge is -2.36. The van der Waals surface area contributed by atoms with Gasteiger partial charge < -0.3 is 17.1 Å². The summed E-state index contributed by atoms with van der Waals surface area (Å²) in [4.78, 5) is 11.0. The molecule has 0 fully saturated rings. The second kappa shape index (κ2) is 6.85. The van der Waals surface area contributed by atoms with E-state index in [4.69, 9.17) is 4.74 Å². The van der Waals surface area contributed by atoms with Crippen LogP contribution in [-0.4, -0.2) is 36.8 Å². The van der Waals surface area contributed by atoms with Gasteiger partial charge in [-0.05, 0) is 13.8 Å². The van der Waals surface area contributed by atoms with Gasteiger partial charge in [0.1, 0.15) is 0 Å². The first-order chi connectivity index (χ1) is 6.00. The highest BCUT2D eigenvalue weighted by Crippen LogP contribution is 2.10. The van der Waals surface area contributed by atoms with Crippen molar-refractivity contribution in [3.05, 3.63) is 12.7 Å². The second-order valence-electron chi connectivity index (χ2n) is 3.35. The van der Waals surface area contributed by atoms with Gasteiger partial charge in [0.25, 0.3) is 0 Å². The Morgan fingerprint density at radius 1 is 1.50 bits per heavy atom. The molecule has 1 atom stereocenters. The molecular weight excluding hydrogens is 202 g/mol. The third-order valence-corrected chi connectivity index (χ3v) is 2.78. The lowest BCUT2D eigenvalue weighted by molar-refractivity contribution is -0.947. The fourth-order valence-electron chi connectivity index (χ4n) is 1.08. The number of hydrogen-bond acceptors (Lipinski definition) is 2. The normalized spacial score (nSPS) is 12.6. The molecule has 0 saturated heterocycles. The van der Waals surface area contributed by atoms with E-state index in [2.05, 4.69) is 27.5 Å². The molecule has 14 heavy (non-hydrogen) atoms. The molecule has 0 saturated carbocycles. The van der Waals surface area contributed by atoms with E-state index < -0.39 is 0 Å². The molecule has 84 valence electrons. The van der Waals surface area contributed by atoms with Crippen LogP contribution in [-0.2, 0) is 9.53 Å². The van der Waals surface area contributed by atoms with Crippen molar-refractivity contribution in [3.8, 4) is 0 Å². The van der Waals surface area contributed by atoms with Gasteiger partial charge in [0, 0.05) is 13.0 Å². The maximum Gasteiger partial charge on any atom is 0.334 e. The summed E-state index contributed by atoms with van der Waals surface area (Å²) in [7, 11) is 2.07. The van der Waals surface area contributed by atoms with E-state index in [0.29, 0.717) is 0 Å². The van der Waals surface area contributed by atoms with Crippen LogP contribution in [0.3, 0.4) is 0 Å². The quantitative estimate of drug-likeness (QED) is 0.246. The zero-order valence-electron chi connectivity index (χ0n) is 9.42. The highest BCUT2D eigenvalue weighted by Gasteiger charge is 2.27. The number of esters is 1. The van der Waals surface area contributed by atoms with Gasteiger partial charge >= 0.3 is 5.97 Å². The number of rotatable bonds is 5. The predicted octanol–water partition coefficient (Wildman–Crippen LogP) is -1.45. The van der Waals surface area contributed by atoms with Crippen LogP contribution in [0.1, 0.15) is 20.8 Å². The van der Waals surface area contributed by atoms with Gasteiger partial charge in [0.15, 0.2) is 0 Å². The highest BCUT2D eigenvalue weighted by atomic mass is 35.5. The number of quaternary nitrogens is 1. The van der Waals surface area contributed by atoms with Crippen molar-refractivity contribution >= 4 is 5.97 Å².